The Morgan fingerprint density at radius 3 is 2.92 bits per heavy atom. The summed E-state index contributed by atoms with van der Waals surface area (Å²) in [5.41, 5.74) is -1.06. The van der Waals surface area contributed by atoms with E-state index in [1.165, 1.54) is 0 Å². The predicted octanol–water partition coefficient (Wildman–Crippen LogP) is 1.24. The van der Waals surface area contributed by atoms with Crippen molar-refractivity contribution < 1.29 is 14.6 Å². The first-order chi connectivity index (χ1) is 5.91. The molecule has 0 aromatic rings. The molecule has 3 heteroatoms. The number of ether oxygens (including phenoxy) is 1. The van der Waals surface area contributed by atoms with Crippen LogP contribution in [0.3, 0.4) is 0 Å². The summed E-state index contributed by atoms with van der Waals surface area (Å²) >= 11 is 0. The van der Waals surface area contributed by atoms with Crippen molar-refractivity contribution in [1.82, 2.24) is 0 Å². The Kier molecular flexibility index (Phi) is 1.71. The molecule has 0 aromatic heterocycles. The number of esters is 1. The van der Waals surface area contributed by atoms with Gasteiger partial charge in [-0.15, -0.1) is 0 Å². The Labute approximate surface area is 78.1 Å². The second-order valence-electron chi connectivity index (χ2n) is 4.90. The van der Waals surface area contributed by atoms with Crippen LogP contribution in [0.1, 0.15) is 39.5 Å². The molecular formula is C10H16O3. The zero-order valence-electron chi connectivity index (χ0n) is 8.17. The number of carbonyl (C=O) groups excluding carboxylic acids is 1. The third-order valence-corrected chi connectivity index (χ3v) is 3.39. The Balaban J connectivity index is 2.20. The fourth-order valence-corrected chi connectivity index (χ4v) is 2.72. The third-order valence-electron chi connectivity index (χ3n) is 3.39. The van der Waals surface area contributed by atoms with E-state index in [0.717, 1.165) is 12.8 Å². The molecule has 74 valence electrons. The van der Waals surface area contributed by atoms with Crippen molar-refractivity contribution in [2.24, 2.45) is 5.92 Å². The van der Waals surface area contributed by atoms with Crippen molar-refractivity contribution in [2.45, 2.75) is 50.7 Å². The van der Waals surface area contributed by atoms with Crippen LogP contribution in [0.2, 0.25) is 0 Å². The van der Waals surface area contributed by atoms with Gasteiger partial charge in [0.15, 0.2) is 0 Å². The van der Waals surface area contributed by atoms with Crippen LogP contribution >= 0.6 is 0 Å². The minimum Gasteiger partial charge on any atom is -0.459 e. The largest absolute Gasteiger partial charge is 0.459 e. The lowest BCUT2D eigenvalue weighted by atomic mass is 9.70. The summed E-state index contributed by atoms with van der Waals surface area (Å²) in [6.45, 7) is 3.76. The number of carbonyl (C=O) groups is 1. The standard InChI is InChI=1S/C10H16O3/c1-9(12)4-3-7-5-8(11)13-10(7,2)6-9/h7,12H,3-6H2,1-2H3/t7-,9+,10-/m1/s1. The molecular weight excluding hydrogens is 168 g/mol. The van der Waals surface area contributed by atoms with Gasteiger partial charge in [-0.05, 0) is 26.7 Å². The van der Waals surface area contributed by atoms with Gasteiger partial charge in [0.2, 0.25) is 0 Å². The van der Waals surface area contributed by atoms with Gasteiger partial charge in [-0.1, -0.05) is 0 Å². The van der Waals surface area contributed by atoms with Gasteiger partial charge in [0, 0.05) is 12.3 Å². The summed E-state index contributed by atoms with van der Waals surface area (Å²) in [4.78, 5) is 11.1. The van der Waals surface area contributed by atoms with E-state index in [-0.39, 0.29) is 5.97 Å². The number of fused-ring (bicyclic) bond motifs is 1. The van der Waals surface area contributed by atoms with Crippen molar-refractivity contribution in [2.75, 3.05) is 0 Å². The molecule has 0 unspecified atom stereocenters. The van der Waals surface area contributed by atoms with Crippen molar-refractivity contribution in [3.05, 3.63) is 0 Å². The van der Waals surface area contributed by atoms with E-state index < -0.39 is 11.2 Å². The highest BCUT2D eigenvalue weighted by Crippen LogP contribution is 2.46. The Bertz CT molecular complexity index is 247. The van der Waals surface area contributed by atoms with Gasteiger partial charge in [-0.25, -0.2) is 0 Å². The van der Waals surface area contributed by atoms with Crippen molar-refractivity contribution >= 4 is 5.97 Å². The van der Waals surface area contributed by atoms with Gasteiger partial charge in [0.25, 0.3) is 0 Å². The summed E-state index contributed by atoms with van der Waals surface area (Å²) in [5.74, 6) is 0.213. The monoisotopic (exact) mass is 184 g/mol. The predicted molar refractivity (Wildman–Crippen MR) is 47.1 cm³/mol. The van der Waals surface area contributed by atoms with Crippen LogP contribution < -0.4 is 0 Å². The lowest BCUT2D eigenvalue weighted by molar-refractivity contribution is -0.156. The van der Waals surface area contributed by atoms with Gasteiger partial charge in [0.05, 0.1) is 12.0 Å². The lowest BCUT2D eigenvalue weighted by Gasteiger charge is -2.41. The lowest BCUT2D eigenvalue weighted by Crippen LogP contribution is -2.46. The van der Waals surface area contributed by atoms with Gasteiger partial charge in [-0.3, -0.25) is 4.79 Å². The maximum absolute atomic E-state index is 11.1. The molecule has 0 radical (unpaired) electrons. The molecule has 1 aliphatic heterocycles. The molecule has 1 aliphatic carbocycles. The third kappa shape index (κ3) is 1.46. The van der Waals surface area contributed by atoms with E-state index >= 15 is 0 Å². The van der Waals surface area contributed by atoms with Gasteiger partial charge < -0.3 is 9.84 Å². The van der Waals surface area contributed by atoms with Crippen molar-refractivity contribution in [3.63, 3.8) is 0 Å². The van der Waals surface area contributed by atoms with Crippen LogP contribution in [-0.2, 0) is 9.53 Å². The fraction of sp³-hybridized carbons (Fsp3) is 0.900. The molecule has 2 aliphatic rings. The van der Waals surface area contributed by atoms with Crippen molar-refractivity contribution in [1.29, 1.82) is 0 Å². The molecule has 1 heterocycles. The molecule has 2 rings (SSSR count). The highest BCUT2D eigenvalue weighted by molar-refractivity contribution is 5.73. The molecule has 2 fully saturated rings. The first-order valence-corrected chi connectivity index (χ1v) is 4.86. The maximum atomic E-state index is 11.1. The number of aliphatic hydroxyl groups is 1. The topological polar surface area (TPSA) is 46.5 Å². The highest BCUT2D eigenvalue weighted by atomic mass is 16.6. The molecule has 3 nitrogen and oxygen atoms in total. The highest BCUT2D eigenvalue weighted by Gasteiger charge is 2.52. The normalized spacial score (nSPS) is 50.1. The molecule has 0 amide bonds. The zero-order chi connectivity index (χ0) is 9.69. The SMILES string of the molecule is C[C@]1(O)CC[C@@H]2CC(=O)O[C@]2(C)C1. The smallest absolute Gasteiger partial charge is 0.306 e. The van der Waals surface area contributed by atoms with Crippen LogP contribution in [0, 0.1) is 5.92 Å². The van der Waals surface area contributed by atoms with E-state index in [9.17, 15) is 9.90 Å². The fourth-order valence-electron chi connectivity index (χ4n) is 2.72. The first kappa shape index (κ1) is 9.00. The summed E-state index contributed by atoms with van der Waals surface area (Å²) in [5, 5.41) is 9.88. The van der Waals surface area contributed by atoms with E-state index in [0.29, 0.717) is 18.8 Å². The maximum Gasteiger partial charge on any atom is 0.306 e. The molecule has 1 saturated heterocycles. The number of hydrogen-bond donors (Lipinski definition) is 1. The summed E-state index contributed by atoms with van der Waals surface area (Å²) < 4.78 is 5.29. The average molecular weight is 184 g/mol. The van der Waals surface area contributed by atoms with E-state index in [1.54, 1.807) is 0 Å². The minimum atomic E-state index is -0.657. The molecule has 1 N–H and O–H groups in total. The molecule has 0 spiro atoms. The van der Waals surface area contributed by atoms with Crippen LogP contribution in [0.25, 0.3) is 0 Å². The molecule has 1 saturated carbocycles. The summed E-state index contributed by atoms with van der Waals surface area (Å²) in [7, 11) is 0. The van der Waals surface area contributed by atoms with Gasteiger partial charge in [0.1, 0.15) is 5.60 Å². The quantitative estimate of drug-likeness (QED) is 0.576. The molecule has 3 atom stereocenters. The van der Waals surface area contributed by atoms with Crippen LogP contribution in [0.4, 0.5) is 0 Å². The first-order valence-electron chi connectivity index (χ1n) is 4.86. The van der Waals surface area contributed by atoms with Crippen LogP contribution in [0.15, 0.2) is 0 Å². The second-order valence-corrected chi connectivity index (χ2v) is 4.90. The van der Waals surface area contributed by atoms with E-state index in [2.05, 4.69) is 0 Å². The zero-order valence-corrected chi connectivity index (χ0v) is 8.17. The average Bonchev–Trinajstić information content (AvgIpc) is 2.20. The summed E-state index contributed by atoms with van der Waals surface area (Å²) in [6.07, 6.45) is 2.79. The van der Waals surface area contributed by atoms with Crippen LogP contribution in [-0.4, -0.2) is 22.3 Å². The minimum absolute atomic E-state index is 0.106. The van der Waals surface area contributed by atoms with Gasteiger partial charge in [-0.2, -0.15) is 0 Å². The number of rotatable bonds is 0. The van der Waals surface area contributed by atoms with E-state index in [1.807, 2.05) is 13.8 Å². The van der Waals surface area contributed by atoms with Crippen LogP contribution in [0.5, 0.6) is 0 Å². The van der Waals surface area contributed by atoms with Crippen molar-refractivity contribution in [3.8, 4) is 0 Å². The Morgan fingerprint density at radius 2 is 2.23 bits per heavy atom. The Morgan fingerprint density at radius 1 is 1.54 bits per heavy atom. The second kappa shape index (κ2) is 2.47. The Hall–Kier alpha value is -0.570. The number of hydrogen-bond acceptors (Lipinski definition) is 3. The van der Waals surface area contributed by atoms with Gasteiger partial charge >= 0.3 is 5.97 Å². The summed E-state index contributed by atoms with van der Waals surface area (Å²) in [6, 6.07) is 0. The molecule has 13 heavy (non-hydrogen) atoms. The van der Waals surface area contributed by atoms with E-state index in [4.69, 9.17) is 4.74 Å². The molecule has 0 bridgehead atoms. The molecule has 0 aromatic carbocycles.